The average molecular weight is 297 g/mol. The van der Waals surface area contributed by atoms with E-state index in [0.29, 0.717) is 0 Å². The van der Waals surface area contributed by atoms with Gasteiger partial charge in [-0.25, -0.2) is 0 Å². The number of halogens is 1. The molecule has 2 rings (SSSR count). The predicted octanol–water partition coefficient (Wildman–Crippen LogP) is 3.32. The first-order valence-corrected chi connectivity index (χ1v) is 7.07. The van der Waals surface area contributed by atoms with Crippen molar-refractivity contribution in [3.05, 3.63) is 34.3 Å². The highest BCUT2D eigenvalue weighted by Crippen LogP contribution is 2.32. The van der Waals surface area contributed by atoms with Crippen LogP contribution in [0.15, 0.2) is 28.7 Å². The van der Waals surface area contributed by atoms with Crippen molar-refractivity contribution in [3.63, 3.8) is 0 Å². The summed E-state index contributed by atoms with van der Waals surface area (Å²) in [5, 5.41) is 0. The highest BCUT2D eigenvalue weighted by Gasteiger charge is 2.35. The summed E-state index contributed by atoms with van der Waals surface area (Å²) in [6.45, 7) is 6.86. The Morgan fingerprint density at radius 2 is 1.94 bits per heavy atom. The number of benzene rings is 1. The van der Waals surface area contributed by atoms with Crippen LogP contribution in [0.1, 0.15) is 38.3 Å². The van der Waals surface area contributed by atoms with E-state index in [2.05, 4.69) is 52.9 Å². The summed E-state index contributed by atoms with van der Waals surface area (Å²) in [6.07, 6.45) is 2.60. The highest BCUT2D eigenvalue weighted by atomic mass is 79.9. The van der Waals surface area contributed by atoms with E-state index < -0.39 is 0 Å². The van der Waals surface area contributed by atoms with Crippen LogP contribution in [0.3, 0.4) is 0 Å². The maximum Gasteiger partial charge on any atom is 0.0477 e. The van der Waals surface area contributed by atoms with Crippen molar-refractivity contribution in [1.82, 2.24) is 4.90 Å². The Hall–Kier alpha value is -0.380. The van der Waals surface area contributed by atoms with Crippen LogP contribution in [-0.2, 0) is 0 Å². The average Bonchev–Trinajstić information content (AvgIpc) is 2.82. The molecule has 1 aromatic carbocycles. The largest absolute Gasteiger partial charge is 0.322 e. The summed E-state index contributed by atoms with van der Waals surface area (Å²) in [4.78, 5) is 2.51. The molecule has 3 heteroatoms. The van der Waals surface area contributed by atoms with Crippen LogP contribution >= 0.6 is 15.9 Å². The van der Waals surface area contributed by atoms with Gasteiger partial charge in [-0.2, -0.15) is 0 Å². The summed E-state index contributed by atoms with van der Waals surface area (Å²) in [5.74, 6) is 0. The first kappa shape index (κ1) is 13.1. The van der Waals surface area contributed by atoms with Crippen LogP contribution in [0.25, 0.3) is 0 Å². The van der Waals surface area contributed by atoms with E-state index in [4.69, 9.17) is 5.73 Å². The number of hydrogen-bond donors (Lipinski definition) is 1. The zero-order valence-corrected chi connectivity index (χ0v) is 12.2. The van der Waals surface area contributed by atoms with Gasteiger partial charge in [0.15, 0.2) is 0 Å². The van der Waals surface area contributed by atoms with E-state index in [1.54, 1.807) is 0 Å². The van der Waals surface area contributed by atoms with Crippen molar-refractivity contribution >= 4 is 15.9 Å². The molecule has 94 valence electrons. The number of rotatable bonds is 3. The molecule has 1 aliphatic heterocycles. The quantitative estimate of drug-likeness (QED) is 0.927. The van der Waals surface area contributed by atoms with Crippen molar-refractivity contribution in [1.29, 1.82) is 0 Å². The SMILES string of the molecule is CC(C)(C(N)c1cccc(Br)c1)N1CCCC1. The topological polar surface area (TPSA) is 29.3 Å². The summed E-state index contributed by atoms with van der Waals surface area (Å²) < 4.78 is 1.10. The van der Waals surface area contributed by atoms with E-state index >= 15 is 0 Å². The van der Waals surface area contributed by atoms with Gasteiger partial charge in [-0.3, -0.25) is 4.90 Å². The van der Waals surface area contributed by atoms with Crippen LogP contribution < -0.4 is 5.73 Å². The van der Waals surface area contributed by atoms with Crippen LogP contribution in [0.4, 0.5) is 0 Å². The van der Waals surface area contributed by atoms with Crippen molar-refractivity contribution in [2.45, 2.75) is 38.3 Å². The molecule has 2 nitrogen and oxygen atoms in total. The molecule has 1 atom stereocenters. The van der Waals surface area contributed by atoms with Crippen molar-refractivity contribution < 1.29 is 0 Å². The van der Waals surface area contributed by atoms with Gasteiger partial charge in [-0.1, -0.05) is 28.1 Å². The highest BCUT2D eigenvalue weighted by molar-refractivity contribution is 9.10. The zero-order chi connectivity index (χ0) is 12.5. The summed E-state index contributed by atoms with van der Waals surface area (Å²) in [6, 6.07) is 8.40. The molecule has 1 aromatic rings. The molecule has 0 saturated carbocycles. The minimum atomic E-state index is 0.0251. The lowest BCUT2D eigenvalue weighted by Gasteiger charge is -2.40. The molecular formula is C14H21BrN2. The Morgan fingerprint density at radius 1 is 1.29 bits per heavy atom. The van der Waals surface area contributed by atoms with Crippen molar-refractivity contribution in [2.24, 2.45) is 5.73 Å². The molecule has 1 heterocycles. The maximum absolute atomic E-state index is 6.46. The maximum atomic E-state index is 6.46. The number of nitrogens with zero attached hydrogens (tertiary/aromatic N) is 1. The van der Waals surface area contributed by atoms with Gasteiger partial charge in [-0.05, 0) is 57.5 Å². The standard InChI is InChI=1S/C14H21BrN2/c1-14(2,17-8-3-4-9-17)13(16)11-6-5-7-12(15)10-11/h5-7,10,13H,3-4,8-9,16H2,1-2H3. The Bertz CT molecular complexity index is 384. The minimum Gasteiger partial charge on any atom is -0.322 e. The molecule has 0 aliphatic carbocycles. The van der Waals surface area contributed by atoms with Gasteiger partial charge in [-0.15, -0.1) is 0 Å². The van der Waals surface area contributed by atoms with Gasteiger partial charge in [0.2, 0.25) is 0 Å². The molecule has 0 amide bonds. The van der Waals surface area contributed by atoms with E-state index in [-0.39, 0.29) is 11.6 Å². The second-order valence-electron chi connectivity index (χ2n) is 5.38. The Kier molecular flexibility index (Phi) is 3.91. The lowest BCUT2D eigenvalue weighted by atomic mass is 9.88. The van der Waals surface area contributed by atoms with Crippen molar-refractivity contribution in [3.8, 4) is 0 Å². The molecule has 0 radical (unpaired) electrons. The monoisotopic (exact) mass is 296 g/mol. The van der Waals surface area contributed by atoms with E-state index in [1.165, 1.54) is 31.5 Å². The third-order valence-corrected chi connectivity index (χ3v) is 4.38. The molecule has 0 spiro atoms. The van der Waals surface area contributed by atoms with E-state index in [1.807, 2.05) is 6.07 Å². The van der Waals surface area contributed by atoms with E-state index in [9.17, 15) is 0 Å². The smallest absolute Gasteiger partial charge is 0.0477 e. The fourth-order valence-electron chi connectivity index (χ4n) is 2.60. The first-order chi connectivity index (χ1) is 8.01. The normalized spacial score (nSPS) is 19.5. The second-order valence-corrected chi connectivity index (χ2v) is 6.30. The molecule has 1 saturated heterocycles. The van der Waals surface area contributed by atoms with Gasteiger partial charge in [0, 0.05) is 16.1 Å². The molecular weight excluding hydrogens is 276 g/mol. The Labute approximate surface area is 112 Å². The Morgan fingerprint density at radius 3 is 2.53 bits per heavy atom. The molecule has 2 N–H and O–H groups in total. The van der Waals surface area contributed by atoms with E-state index in [0.717, 1.165) is 4.47 Å². The number of likely N-dealkylation sites (tertiary alicyclic amines) is 1. The van der Waals surface area contributed by atoms with Crippen LogP contribution in [0, 0.1) is 0 Å². The summed E-state index contributed by atoms with van der Waals surface area (Å²) in [7, 11) is 0. The van der Waals surface area contributed by atoms with Crippen molar-refractivity contribution in [2.75, 3.05) is 13.1 Å². The third-order valence-electron chi connectivity index (χ3n) is 3.89. The molecule has 1 fully saturated rings. The number of hydrogen-bond acceptors (Lipinski definition) is 2. The fraction of sp³-hybridized carbons (Fsp3) is 0.571. The summed E-state index contributed by atoms with van der Waals surface area (Å²) >= 11 is 3.51. The first-order valence-electron chi connectivity index (χ1n) is 6.28. The molecule has 0 bridgehead atoms. The fourth-order valence-corrected chi connectivity index (χ4v) is 3.01. The van der Waals surface area contributed by atoms with Crippen LogP contribution in [-0.4, -0.2) is 23.5 Å². The predicted molar refractivity (Wildman–Crippen MR) is 76.0 cm³/mol. The molecule has 17 heavy (non-hydrogen) atoms. The number of nitrogens with two attached hydrogens (primary N) is 1. The van der Waals surface area contributed by atoms with Crippen LogP contribution in [0.5, 0.6) is 0 Å². The van der Waals surface area contributed by atoms with Gasteiger partial charge in [0.05, 0.1) is 0 Å². The van der Waals surface area contributed by atoms with Gasteiger partial charge in [0.25, 0.3) is 0 Å². The molecule has 1 unspecified atom stereocenters. The Balaban J connectivity index is 2.20. The van der Waals surface area contributed by atoms with Gasteiger partial charge < -0.3 is 5.73 Å². The lowest BCUT2D eigenvalue weighted by Crippen LogP contribution is -2.49. The van der Waals surface area contributed by atoms with Gasteiger partial charge in [0.1, 0.15) is 0 Å². The van der Waals surface area contributed by atoms with Crippen LogP contribution in [0.2, 0.25) is 0 Å². The third kappa shape index (κ3) is 2.72. The van der Waals surface area contributed by atoms with Gasteiger partial charge >= 0.3 is 0 Å². The second kappa shape index (κ2) is 5.09. The molecule has 1 aliphatic rings. The minimum absolute atomic E-state index is 0.0251. The zero-order valence-electron chi connectivity index (χ0n) is 10.6. The summed E-state index contributed by atoms with van der Waals surface area (Å²) in [5.41, 5.74) is 7.69. The lowest BCUT2D eigenvalue weighted by molar-refractivity contribution is 0.124. The molecule has 0 aromatic heterocycles.